The predicted octanol–water partition coefficient (Wildman–Crippen LogP) is 6.52. The van der Waals surface area contributed by atoms with Crippen molar-refractivity contribution in [3.8, 4) is 0 Å². The van der Waals surface area contributed by atoms with Crippen LogP contribution in [0.1, 0.15) is 86.0 Å². The fourth-order valence-corrected chi connectivity index (χ4v) is 6.89. The Morgan fingerprint density at radius 2 is 1.15 bits per heavy atom. The predicted molar refractivity (Wildman–Crippen MR) is 94.0 cm³/mol. The Morgan fingerprint density at radius 1 is 0.750 bits per heavy atom. The van der Waals surface area contributed by atoms with Crippen LogP contribution in [0.5, 0.6) is 0 Å². The third-order valence-corrected chi connectivity index (χ3v) is 8.42. The Bertz CT molecular complexity index is 226. The van der Waals surface area contributed by atoms with E-state index in [0.717, 1.165) is 12.8 Å². The van der Waals surface area contributed by atoms with E-state index in [1.54, 1.807) is 0 Å². The van der Waals surface area contributed by atoms with Crippen LogP contribution in [0.2, 0.25) is 18.1 Å². The van der Waals surface area contributed by atoms with E-state index < -0.39 is 8.32 Å². The maximum absolute atomic E-state index is 6.31. The second-order valence-corrected chi connectivity index (χ2v) is 10.00. The molecule has 0 rings (SSSR count). The fourth-order valence-electron chi connectivity index (χ4n) is 2.55. The molecule has 20 heavy (non-hydrogen) atoms. The lowest BCUT2D eigenvalue weighted by molar-refractivity contribution is 0.312. The lowest BCUT2D eigenvalue weighted by Gasteiger charge is -2.29. The Morgan fingerprint density at radius 3 is 1.45 bits per heavy atom. The molecular formula is C17H37NOSi. The van der Waals surface area contributed by atoms with Crippen molar-refractivity contribution in [3.05, 3.63) is 0 Å². The second-order valence-electron chi connectivity index (χ2n) is 5.95. The zero-order valence-electron chi connectivity index (χ0n) is 14.6. The summed E-state index contributed by atoms with van der Waals surface area (Å²) in [5, 5.41) is 4.57. The molecule has 0 aromatic rings. The second kappa shape index (κ2) is 12.4. The van der Waals surface area contributed by atoms with E-state index in [9.17, 15) is 0 Å². The van der Waals surface area contributed by atoms with Crippen LogP contribution < -0.4 is 0 Å². The number of unbranched alkanes of at least 4 members (excludes halogenated alkanes) is 3. The molecule has 0 amide bonds. The van der Waals surface area contributed by atoms with Crippen LogP contribution in [0.25, 0.3) is 0 Å². The molecule has 0 aromatic carbocycles. The molecule has 0 heterocycles. The summed E-state index contributed by atoms with van der Waals surface area (Å²) in [5.41, 5.74) is 1.23. The van der Waals surface area contributed by atoms with Gasteiger partial charge in [0.1, 0.15) is 0 Å². The van der Waals surface area contributed by atoms with Gasteiger partial charge in [-0.15, -0.1) is 5.16 Å². The highest BCUT2D eigenvalue weighted by Crippen LogP contribution is 2.30. The summed E-state index contributed by atoms with van der Waals surface area (Å²) in [6.45, 7) is 11.2. The Hall–Kier alpha value is -0.313. The van der Waals surface area contributed by atoms with E-state index in [4.69, 9.17) is 4.53 Å². The molecule has 0 fully saturated rings. The lowest BCUT2D eigenvalue weighted by atomic mass is 10.2. The topological polar surface area (TPSA) is 21.6 Å². The standard InChI is InChI=1S/C17H37NOSi/c1-6-11-14-20(15-12-7-2,16-13-8-3)19-18-17(9-4)10-5/h6-16H2,1-5H3. The first-order valence-electron chi connectivity index (χ1n) is 8.91. The molecule has 2 nitrogen and oxygen atoms in total. The van der Waals surface area contributed by atoms with Crippen molar-refractivity contribution in [2.75, 3.05) is 0 Å². The summed E-state index contributed by atoms with van der Waals surface area (Å²) in [5.74, 6) is 0. The molecule has 0 aliphatic carbocycles. The molecule has 0 radical (unpaired) electrons. The minimum atomic E-state index is -1.64. The lowest BCUT2D eigenvalue weighted by Crippen LogP contribution is -2.36. The molecule has 0 spiro atoms. The number of rotatable bonds is 13. The van der Waals surface area contributed by atoms with E-state index in [0.29, 0.717) is 0 Å². The van der Waals surface area contributed by atoms with Gasteiger partial charge in [0.25, 0.3) is 8.32 Å². The average Bonchev–Trinajstić information content (AvgIpc) is 2.49. The van der Waals surface area contributed by atoms with Crippen LogP contribution in [0.3, 0.4) is 0 Å². The van der Waals surface area contributed by atoms with Crippen molar-refractivity contribution in [1.82, 2.24) is 0 Å². The Labute approximate surface area is 128 Å². The summed E-state index contributed by atoms with van der Waals surface area (Å²) in [6.07, 6.45) is 9.79. The van der Waals surface area contributed by atoms with Gasteiger partial charge in [-0.1, -0.05) is 73.1 Å². The van der Waals surface area contributed by atoms with Gasteiger partial charge in [-0.2, -0.15) is 0 Å². The average molecular weight is 300 g/mol. The maximum Gasteiger partial charge on any atom is 0.287 e. The smallest absolute Gasteiger partial charge is 0.287 e. The monoisotopic (exact) mass is 299 g/mol. The number of nitrogens with zero attached hydrogens (tertiary/aromatic N) is 1. The molecule has 0 saturated carbocycles. The highest BCUT2D eigenvalue weighted by Gasteiger charge is 2.35. The van der Waals surface area contributed by atoms with Gasteiger partial charge in [0.05, 0.1) is 5.71 Å². The molecule has 0 N–H and O–H groups in total. The zero-order chi connectivity index (χ0) is 15.3. The van der Waals surface area contributed by atoms with Gasteiger partial charge in [-0.25, -0.2) is 0 Å². The zero-order valence-corrected chi connectivity index (χ0v) is 15.6. The van der Waals surface area contributed by atoms with E-state index in [-0.39, 0.29) is 0 Å². The van der Waals surface area contributed by atoms with Crippen LogP contribution >= 0.6 is 0 Å². The summed E-state index contributed by atoms with van der Waals surface area (Å²) in [7, 11) is -1.64. The minimum absolute atomic E-state index is 1.02. The van der Waals surface area contributed by atoms with Gasteiger partial charge < -0.3 is 4.53 Å². The molecule has 0 unspecified atom stereocenters. The SMILES string of the molecule is CCCC[Si](CCCC)(CCCC)ON=C(CC)CC. The van der Waals surface area contributed by atoms with Gasteiger partial charge in [0.15, 0.2) is 0 Å². The summed E-state index contributed by atoms with van der Waals surface area (Å²) >= 11 is 0. The molecular weight excluding hydrogens is 262 g/mol. The molecule has 0 atom stereocenters. The van der Waals surface area contributed by atoms with Crippen molar-refractivity contribution >= 4 is 14.0 Å². The quantitative estimate of drug-likeness (QED) is 0.215. The number of oxime groups is 1. The van der Waals surface area contributed by atoms with Crippen molar-refractivity contribution in [2.45, 2.75) is 104 Å². The Balaban J connectivity index is 4.86. The van der Waals surface area contributed by atoms with Crippen molar-refractivity contribution in [1.29, 1.82) is 0 Å². The normalized spacial score (nSPS) is 11.4. The largest absolute Gasteiger partial charge is 0.455 e. The number of hydrogen-bond acceptors (Lipinski definition) is 2. The molecule has 0 aliphatic heterocycles. The number of hydrogen-bond donors (Lipinski definition) is 0. The molecule has 0 aromatic heterocycles. The molecule has 0 bridgehead atoms. The molecule has 0 saturated heterocycles. The third-order valence-electron chi connectivity index (χ3n) is 4.14. The molecule has 0 aliphatic rings. The highest BCUT2D eigenvalue weighted by molar-refractivity contribution is 6.73. The molecule has 3 heteroatoms. The first-order valence-corrected chi connectivity index (χ1v) is 11.4. The summed E-state index contributed by atoms with van der Waals surface area (Å²) in [4.78, 5) is 0. The van der Waals surface area contributed by atoms with E-state index in [1.165, 1.54) is 62.4 Å². The summed E-state index contributed by atoms with van der Waals surface area (Å²) in [6, 6.07) is 3.90. The van der Waals surface area contributed by atoms with Crippen molar-refractivity contribution < 1.29 is 4.53 Å². The van der Waals surface area contributed by atoms with Gasteiger partial charge in [0.2, 0.25) is 0 Å². The maximum atomic E-state index is 6.31. The first-order chi connectivity index (χ1) is 9.67. The molecule has 120 valence electrons. The minimum Gasteiger partial charge on any atom is -0.455 e. The van der Waals surface area contributed by atoms with Gasteiger partial charge in [-0.3, -0.25) is 0 Å². The summed E-state index contributed by atoms with van der Waals surface area (Å²) < 4.78 is 6.31. The fraction of sp³-hybridized carbons (Fsp3) is 0.941. The van der Waals surface area contributed by atoms with Gasteiger partial charge >= 0.3 is 0 Å². The third kappa shape index (κ3) is 8.08. The van der Waals surface area contributed by atoms with Crippen LogP contribution in [0, 0.1) is 0 Å². The highest BCUT2D eigenvalue weighted by atomic mass is 28.4. The van der Waals surface area contributed by atoms with E-state index in [2.05, 4.69) is 39.8 Å². The van der Waals surface area contributed by atoms with Gasteiger partial charge in [0, 0.05) is 0 Å². The van der Waals surface area contributed by atoms with Crippen LogP contribution in [-0.2, 0) is 4.53 Å². The van der Waals surface area contributed by atoms with Crippen molar-refractivity contribution in [3.63, 3.8) is 0 Å². The van der Waals surface area contributed by atoms with E-state index in [1.807, 2.05) is 0 Å². The van der Waals surface area contributed by atoms with Crippen LogP contribution in [-0.4, -0.2) is 14.0 Å². The van der Waals surface area contributed by atoms with E-state index >= 15 is 0 Å². The van der Waals surface area contributed by atoms with Crippen LogP contribution in [0.15, 0.2) is 5.16 Å². The first kappa shape index (κ1) is 19.7. The van der Waals surface area contributed by atoms with Gasteiger partial charge in [-0.05, 0) is 31.0 Å². The van der Waals surface area contributed by atoms with Crippen molar-refractivity contribution in [2.24, 2.45) is 5.16 Å². The Kier molecular flexibility index (Phi) is 12.2. The van der Waals surface area contributed by atoms with Crippen LogP contribution in [0.4, 0.5) is 0 Å².